The minimum atomic E-state index is -5.13. The van der Waals surface area contributed by atoms with Gasteiger partial charge in [-0.2, -0.15) is 13.2 Å². The molecule has 0 saturated heterocycles. The zero-order valence-electron chi connectivity index (χ0n) is 6.67. The molecule has 0 saturated carbocycles. The first-order valence-corrected chi connectivity index (χ1v) is 3.32. The number of hydrogen-bond acceptors (Lipinski definition) is 3. The van der Waals surface area contributed by atoms with Gasteiger partial charge in [-0.25, -0.2) is 0 Å². The molecule has 0 bridgehead atoms. The molecular weight excluding hydrogens is 207 g/mol. The summed E-state index contributed by atoms with van der Waals surface area (Å²) in [6.45, 7) is 0. The van der Waals surface area contributed by atoms with E-state index in [4.69, 9.17) is 5.11 Å². The Hall–Kier alpha value is -1.60. The number of carbonyl (C=O) groups excluding carboxylic acids is 2. The number of rotatable bonds is 4. The quantitative estimate of drug-likeness (QED) is 0.628. The number of carboxylic acids is 1. The molecular formula is C6H6F3NO4. The third kappa shape index (κ3) is 4.43. The van der Waals surface area contributed by atoms with Crippen LogP contribution in [0.4, 0.5) is 13.2 Å². The number of alkyl halides is 3. The van der Waals surface area contributed by atoms with Gasteiger partial charge in [0.2, 0.25) is 0 Å². The van der Waals surface area contributed by atoms with Crippen LogP contribution in [0.3, 0.4) is 0 Å². The smallest absolute Gasteiger partial charge is 0.471 e. The summed E-state index contributed by atoms with van der Waals surface area (Å²) in [7, 11) is 0. The highest BCUT2D eigenvalue weighted by atomic mass is 19.4. The molecule has 1 atom stereocenters. The van der Waals surface area contributed by atoms with Crippen molar-refractivity contribution in [3.8, 4) is 0 Å². The Labute approximate surface area is 75.9 Å². The van der Waals surface area contributed by atoms with E-state index < -0.39 is 30.5 Å². The van der Waals surface area contributed by atoms with Gasteiger partial charge in [-0.3, -0.25) is 9.59 Å². The third-order valence-electron chi connectivity index (χ3n) is 1.13. The van der Waals surface area contributed by atoms with E-state index in [9.17, 15) is 27.6 Å². The van der Waals surface area contributed by atoms with Gasteiger partial charge in [0.05, 0.1) is 12.5 Å². The second-order valence-electron chi connectivity index (χ2n) is 2.31. The van der Waals surface area contributed by atoms with Crippen molar-refractivity contribution >= 4 is 18.2 Å². The Balaban J connectivity index is 4.26. The number of amides is 1. The van der Waals surface area contributed by atoms with E-state index in [1.807, 2.05) is 0 Å². The van der Waals surface area contributed by atoms with E-state index in [2.05, 4.69) is 0 Å². The lowest BCUT2D eigenvalue weighted by atomic mass is 10.2. The minimum absolute atomic E-state index is 0.0717. The van der Waals surface area contributed by atoms with Crippen LogP contribution in [0.25, 0.3) is 0 Å². The summed E-state index contributed by atoms with van der Waals surface area (Å²) in [4.78, 5) is 30.3. The average Bonchev–Trinajstić information content (AvgIpc) is 2.00. The molecule has 1 unspecified atom stereocenters. The highest BCUT2D eigenvalue weighted by Crippen LogP contribution is 2.14. The fourth-order valence-electron chi connectivity index (χ4n) is 0.572. The van der Waals surface area contributed by atoms with Crippen LogP contribution >= 0.6 is 0 Å². The van der Waals surface area contributed by atoms with Gasteiger partial charge < -0.3 is 15.2 Å². The highest BCUT2D eigenvalue weighted by Gasteiger charge is 2.39. The van der Waals surface area contributed by atoms with Gasteiger partial charge in [0.1, 0.15) is 6.29 Å². The van der Waals surface area contributed by atoms with Gasteiger partial charge in [-0.05, 0) is 0 Å². The molecule has 0 aliphatic heterocycles. The molecule has 0 heterocycles. The summed E-state index contributed by atoms with van der Waals surface area (Å²) >= 11 is 0. The first-order valence-electron chi connectivity index (χ1n) is 3.32. The Morgan fingerprint density at radius 3 is 2.21 bits per heavy atom. The largest absolute Gasteiger partial charge is 0.481 e. The molecule has 0 aromatic carbocycles. The summed E-state index contributed by atoms with van der Waals surface area (Å²) in [6.07, 6.45) is -6.08. The summed E-state index contributed by atoms with van der Waals surface area (Å²) < 4.78 is 34.8. The van der Waals surface area contributed by atoms with Crippen LogP contribution in [0.1, 0.15) is 6.42 Å². The molecule has 2 N–H and O–H groups in total. The SMILES string of the molecule is O=CC(CC(=O)O)NC(=O)C(F)(F)F. The molecule has 0 aromatic rings. The van der Waals surface area contributed by atoms with E-state index in [-0.39, 0.29) is 6.29 Å². The number of hydrogen-bond donors (Lipinski definition) is 2. The zero-order valence-corrected chi connectivity index (χ0v) is 6.67. The predicted octanol–water partition coefficient (Wildman–Crippen LogP) is -0.293. The molecule has 0 fully saturated rings. The summed E-state index contributed by atoms with van der Waals surface area (Å²) in [6, 6.07) is -1.67. The monoisotopic (exact) mass is 213 g/mol. The summed E-state index contributed by atoms with van der Waals surface area (Å²) in [5, 5.41) is 9.36. The van der Waals surface area contributed by atoms with Crippen LogP contribution in [0.5, 0.6) is 0 Å². The molecule has 5 nitrogen and oxygen atoms in total. The number of carboxylic acid groups (broad SMARTS) is 1. The Kier molecular flexibility index (Phi) is 4.06. The number of halogens is 3. The van der Waals surface area contributed by atoms with Crippen molar-refractivity contribution in [2.75, 3.05) is 0 Å². The lowest BCUT2D eigenvalue weighted by Crippen LogP contribution is -2.44. The molecule has 14 heavy (non-hydrogen) atoms. The van der Waals surface area contributed by atoms with E-state index in [1.165, 1.54) is 5.32 Å². The van der Waals surface area contributed by atoms with Gasteiger partial charge in [-0.1, -0.05) is 0 Å². The van der Waals surface area contributed by atoms with Crippen molar-refractivity contribution in [1.82, 2.24) is 5.32 Å². The van der Waals surface area contributed by atoms with Crippen molar-refractivity contribution in [2.45, 2.75) is 18.6 Å². The standard InChI is InChI=1S/C6H6F3NO4/c7-6(8,9)5(14)10-3(2-11)1-4(12)13/h2-3H,1H2,(H,10,14)(H,12,13). The highest BCUT2D eigenvalue weighted by molar-refractivity contribution is 5.85. The molecule has 0 aromatic heterocycles. The van der Waals surface area contributed by atoms with Crippen molar-refractivity contribution in [1.29, 1.82) is 0 Å². The van der Waals surface area contributed by atoms with Gasteiger partial charge >= 0.3 is 18.1 Å². The Morgan fingerprint density at radius 1 is 1.43 bits per heavy atom. The summed E-state index contributed by atoms with van der Waals surface area (Å²) in [5.74, 6) is -3.82. The molecule has 80 valence electrons. The van der Waals surface area contributed by atoms with Crippen molar-refractivity contribution in [3.05, 3.63) is 0 Å². The van der Waals surface area contributed by atoms with Gasteiger partial charge in [0.25, 0.3) is 0 Å². The van der Waals surface area contributed by atoms with E-state index in [1.54, 1.807) is 0 Å². The fourth-order valence-corrected chi connectivity index (χ4v) is 0.572. The minimum Gasteiger partial charge on any atom is -0.481 e. The van der Waals surface area contributed by atoms with Crippen LogP contribution in [0, 0.1) is 0 Å². The van der Waals surface area contributed by atoms with E-state index >= 15 is 0 Å². The Bertz CT molecular complexity index is 250. The molecule has 1 amide bonds. The molecule has 0 radical (unpaired) electrons. The first-order chi connectivity index (χ1) is 6.27. The normalized spacial score (nSPS) is 13.1. The second-order valence-corrected chi connectivity index (χ2v) is 2.31. The first kappa shape index (κ1) is 12.4. The summed E-state index contributed by atoms with van der Waals surface area (Å²) in [5.41, 5.74) is 0. The van der Waals surface area contributed by atoms with Crippen LogP contribution in [0.15, 0.2) is 0 Å². The van der Waals surface area contributed by atoms with Gasteiger partial charge in [-0.15, -0.1) is 0 Å². The maximum absolute atomic E-state index is 11.6. The molecule has 0 aliphatic carbocycles. The second kappa shape index (κ2) is 4.58. The van der Waals surface area contributed by atoms with Gasteiger partial charge in [0, 0.05) is 0 Å². The lowest BCUT2D eigenvalue weighted by molar-refractivity contribution is -0.174. The molecule has 0 spiro atoms. The Morgan fingerprint density at radius 2 is 1.93 bits per heavy atom. The third-order valence-corrected chi connectivity index (χ3v) is 1.13. The lowest BCUT2D eigenvalue weighted by Gasteiger charge is -2.11. The van der Waals surface area contributed by atoms with Crippen LogP contribution in [-0.2, 0) is 14.4 Å². The molecule has 0 aliphatic rings. The maximum Gasteiger partial charge on any atom is 0.471 e. The number of carbonyl (C=O) groups is 3. The predicted molar refractivity (Wildman–Crippen MR) is 36.3 cm³/mol. The maximum atomic E-state index is 11.6. The van der Waals surface area contributed by atoms with Crippen molar-refractivity contribution in [3.63, 3.8) is 0 Å². The van der Waals surface area contributed by atoms with Crippen LogP contribution in [0.2, 0.25) is 0 Å². The number of aldehydes is 1. The molecule has 0 rings (SSSR count). The van der Waals surface area contributed by atoms with E-state index in [0.29, 0.717) is 0 Å². The fraction of sp³-hybridized carbons (Fsp3) is 0.500. The number of nitrogens with one attached hydrogen (secondary N) is 1. The van der Waals surface area contributed by atoms with Crippen molar-refractivity contribution < 1.29 is 32.7 Å². The van der Waals surface area contributed by atoms with Crippen molar-refractivity contribution in [2.24, 2.45) is 0 Å². The van der Waals surface area contributed by atoms with Gasteiger partial charge in [0.15, 0.2) is 0 Å². The topological polar surface area (TPSA) is 83.5 Å². The molecule has 8 heteroatoms. The zero-order chi connectivity index (χ0) is 11.4. The van der Waals surface area contributed by atoms with Crippen LogP contribution in [-0.4, -0.2) is 35.5 Å². The van der Waals surface area contributed by atoms with Crippen LogP contribution < -0.4 is 5.32 Å². The number of aliphatic carboxylic acids is 1. The average molecular weight is 213 g/mol. The van der Waals surface area contributed by atoms with E-state index in [0.717, 1.165) is 0 Å².